The van der Waals surface area contributed by atoms with E-state index in [1.165, 1.54) is 11.8 Å². The lowest BCUT2D eigenvalue weighted by molar-refractivity contribution is -0.141. The van der Waals surface area contributed by atoms with E-state index in [1.54, 1.807) is 20.8 Å². The quantitative estimate of drug-likeness (QED) is 0.857. The van der Waals surface area contributed by atoms with Crippen molar-refractivity contribution >= 4 is 18.0 Å². The van der Waals surface area contributed by atoms with Gasteiger partial charge >= 0.3 is 12.1 Å². The van der Waals surface area contributed by atoms with Gasteiger partial charge in [-0.15, -0.1) is 0 Å². The minimum absolute atomic E-state index is 0.0143. The second-order valence-electron chi connectivity index (χ2n) is 7.56. The van der Waals surface area contributed by atoms with Gasteiger partial charge in [-0.3, -0.25) is 14.5 Å². The van der Waals surface area contributed by atoms with Gasteiger partial charge in [-0.05, 0) is 39.7 Å². The van der Waals surface area contributed by atoms with E-state index in [1.807, 2.05) is 30.3 Å². The van der Waals surface area contributed by atoms with Crippen LogP contribution < -0.4 is 5.32 Å². The molecular formula is C19H26N2O5. The standard InChI is InChI=1S/C19H26N2O5/c1-12(17(23)24)20-16(22)15-10-14(13-8-6-5-7-9-13)11-21(15)18(25)26-19(2,3)4/h5-9,12,14-15H,10-11H2,1-4H3,(H,20,22)(H,23,24)/t12-,14?,15?/m0/s1. The number of benzene rings is 1. The highest BCUT2D eigenvalue weighted by Gasteiger charge is 2.42. The molecule has 1 aromatic rings. The number of hydrogen-bond acceptors (Lipinski definition) is 4. The van der Waals surface area contributed by atoms with Crippen LogP contribution in [0.3, 0.4) is 0 Å². The lowest BCUT2D eigenvalue weighted by atomic mass is 9.96. The molecule has 0 spiro atoms. The van der Waals surface area contributed by atoms with Crippen molar-refractivity contribution in [1.29, 1.82) is 0 Å². The van der Waals surface area contributed by atoms with Gasteiger partial charge in [0.15, 0.2) is 0 Å². The average molecular weight is 362 g/mol. The third-order valence-electron chi connectivity index (χ3n) is 4.23. The maximum absolute atomic E-state index is 12.6. The summed E-state index contributed by atoms with van der Waals surface area (Å²) in [6.45, 7) is 7.02. The Kier molecular flexibility index (Phi) is 5.90. The lowest BCUT2D eigenvalue weighted by Gasteiger charge is -2.28. The first-order valence-corrected chi connectivity index (χ1v) is 8.66. The molecule has 0 aromatic heterocycles. The van der Waals surface area contributed by atoms with Crippen LogP contribution in [0.5, 0.6) is 0 Å². The molecule has 3 atom stereocenters. The van der Waals surface area contributed by atoms with Crippen molar-refractivity contribution in [3.8, 4) is 0 Å². The third-order valence-corrected chi connectivity index (χ3v) is 4.23. The SMILES string of the molecule is C[C@H](NC(=O)C1CC(c2ccccc2)CN1C(=O)OC(C)(C)C)C(=O)O. The molecule has 0 radical (unpaired) electrons. The second-order valence-corrected chi connectivity index (χ2v) is 7.56. The average Bonchev–Trinajstić information content (AvgIpc) is 2.99. The van der Waals surface area contributed by atoms with Gasteiger partial charge in [-0.2, -0.15) is 0 Å². The number of carbonyl (C=O) groups excluding carboxylic acids is 2. The monoisotopic (exact) mass is 362 g/mol. The van der Waals surface area contributed by atoms with E-state index < -0.39 is 35.7 Å². The van der Waals surface area contributed by atoms with Gasteiger partial charge in [0.1, 0.15) is 17.7 Å². The molecule has 2 amide bonds. The van der Waals surface area contributed by atoms with Gasteiger partial charge in [0, 0.05) is 12.5 Å². The van der Waals surface area contributed by atoms with Crippen molar-refractivity contribution in [1.82, 2.24) is 10.2 Å². The minimum atomic E-state index is -1.13. The predicted octanol–water partition coefficient (Wildman–Crippen LogP) is 2.37. The van der Waals surface area contributed by atoms with Gasteiger partial charge in [0.25, 0.3) is 0 Å². The Balaban J connectivity index is 2.21. The van der Waals surface area contributed by atoms with E-state index in [2.05, 4.69) is 5.32 Å². The minimum Gasteiger partial charge on any atom is -0.480 e. The number of carboxylic acids is 1. The maximum atomic E-state index is 12.6. The number of nitrogens with zero attached hydrogens (tertiary/aromatic N) is 1. The van der Waals surface area contributed by atoms with E-state index in [9.17, 15) is 14.4 Å². The predicted molar refractivity (Wildman–Crippen MR) is 95.8 cm³/mol. The lowest BCUT2D eigenvalue weighted by Crippen LogP contribution is -2.50. The second kappa shape index (κ2) is 7.76. The van der Waals surface area contributed by atoms with E-state index in [4.69, 9.17) is 9.84 Å². The summed E-state index contributed by atoms with van der Waals surface area (Å²) in [6, 6.07) is 7.84. The number of hydrogen-bond donors (Lipinski definition) is 2. The van der Waals surface area contributed by atoms with Gasteiger partial charge in [-0.25, -0.2) is 4.79 Å². The molecule has 1 aliphatic heterocycles. The summed E-state index contributed by atoms with van der Waals surface area (Å²) >= 11 is 0. The summed E-state index contributed by atoms with van der Waals surface area (Å²) < 4.78 is 5.43. The molecule has 1 aromatic carbocycles. The molecule has 1 saturated heterocycles. The fraction of sp³-hybridized carbons (Fsp3) is 0.526. The molecule has 1 fully saturated rings. The third kappa shape index (κ3) is 4.97. The number of aliphatic carboxylic acids is 1. The Labute approximate surface area is 153 Å². The molecule has 0 bridgehead atoms. The highest BCUT2D eigenvalue weighted by Crippen LogP contribution is 2.33. The molecule has 26 heavy (non-hydrogen) atoms. The Bertz CT molecular complexity index is 668. The van der Waals surface area contributed by atoms with E-state index in [0.717, 1.165) is 5.56 Å². The molecule has 7 heteroatoms. The van der Waals surface area contributed by atoms with Crippen molar-refractivity contribution in [2.45, 2.75) is 57.7 Å². The number of carboxylic acid groups (broad SMARTS) is 1. The summed E-state index contributed by atoms with van der Waals surface area (Å²) in [7, 11) is 0. The molecule has 1 heterocycles. The van der Waals surface area contributed by atoms with Crippen LogP contribution in [0.15, 0.2) is 30.3 Å². The van der Waals surface area contributed by atoms with Crippen LogP contribution in [0.1, 0.15) is 45.6 Å². The first-order valence-electron chi connectivity index (χ1n) is 8.66. The van der Waals surface area contributed by atoms with Crippen LogP contribution in [0.2, 0.25) is 0 Å². The zero-order valence-electron chi connectivity index (χ0n) is 15.6. The van der Waals surface area contributed by atoms with E-state index in [-0.39, 0.29) is 5.92 Å². The molecule has 2 rings (SSSR count). The van der Waals surface area contributed by atoms with Crippen molar-refractivity contribution < 1.29 is 24.2 Å². The molecule has 2 N–H and O–H groups in total. The van der Waals surface area contributed by atoms with Gasteiger partial charge in [0.05, 0.1) is 0 Å². The van der Waals surface area contributed by atoms with Crippen molar-refractivity contribution in [2.75, 3.05) is 6.54 Å². The van der Waals surface area contributed by atoms with Crippen molar-refractivity contribution in [2.24, 2.45) is 0 Å². The van der Waals surface area contributed by atoms with E-state index in [0.29, 0.717) is 13.0 Å². The number of nitrogens with one attached hydrogen (secondary N) is 1. The first kappa shape index (κ1) is 19.8. The summed E-state index contributed by atoms with van der Waals surface area (Å²) in [5.41, 5.74) is 0.347. The number of amides is 2. The highest BCUT2D eigenvalue weighted by atomic mass is 16.6. The van der Waals surface area contributed by atoms with Crippen LogP contribution in [-0.2, 0) is 14.3 Å². The molecule has 2 unspecified atom stereocenters. The molecule has 1 aliphatic rings. The van der Waals surface area contributed by atoms with Crippen molar-refractivity contribution in [3.63, 3.8) is 0 Å². The summed E-state index contributed by atoms with van der Waals surface area (Å²) in [5.74, 6) is -1.62. The largest absolute Gasteiger partial charge is 0.480 e. The summed E-state index contributed by atoms with van der Waals surface area (Å²) in [4.78, 5) is 37.6. The molecule has 0 saturated carbocycles. The van der Waals surface area contributed by atoms with Crippen molar-refractivity contribution in [3.05, 3.63) is 35.9 Å². The topological polar surface area (TPSA) is 95.9 Å². The normalized spacial score (nSPS) is 21.2. The number of likely N-dealkylation sites (tertiary alicyclic amines) is 1. The number of rotatable bonds is 4. The summed E-state index contributed by atoms with van der Waals surface area (Å²) in [6.07, 6.45) is -0.152. The van der Waals surface area contributed by atoms with Crippen LogP contribution in [-0.4, -0.2) is 52.2 Å². The highest BCUT2D eigenvalue weighted by molar-refractivity contribution is 5.89. The Morgan fingerprint density at radius 2 is 1.85 bits per heavy atom. The van der Waals surface area contributed by atoms with Gasteiger partial charge in [0.2, 0.25) is 5.91 Å². The molecular weight excluding hydrogens is 336 g/mol. The molecule has 142 valence electrons. The molecule has 0 aliphatic carbocycles. The molecule has 7 nitrogen and oxygen atoms in total. The smallest absolute Gasteiger partial charge is 0.410 e. The van der Waals surface area contributed by atoms with Gasteiger partial charge < -0.3 is 15.2 Å². The fourth-order valence-corrected chi connectivity index (χ4v) is 2.94. The van der Waals surface area contributed by atoms with Crippen LogP contribution in [0, 0.1) is 0 Å². The van der Waals surface area contributed by atoms with Gasteiger partial charge in [-0.1, -0.05) is 30.3 Å². The maximum Gasteiger partial charge on any atom is 0.410 e. The zero-order valence-corrected chi connectivity index (χ0v) is 15.6. The number of carbonyl (C=O) groups is 3. The Hall–Kier alpha value is -2.57. The van der Waals surface area contributed by atoms with Crippen LogP contribution >= 0.6 is 0 Å². The van der Waals surface area contributed by atoms with Crippen LogP contribution in [0.25, 0.3) is 0 Å². The number of ether oxygens (including phenoxy) is 1. The zero-order chi connectivity index (χ0) is 19.5. The summed E-state index contributed by atoms with van der Waals surface area (Å²) in [5, 5.41) is 11.5. The first-order chi connectivity index (χ1) is 12.1. The fourth-order valence-electron chi connectivity index (χ4n) is 2.94. The van der Waals surface area contributed by atoms with E-state index >= 15 is 0 Å². The van der Waals surface area contributed by atoms with Crippen LogP contribution in [0.4, 0.5) is 4.79 Å². The Morgan fingerprint density at radius 3 is 2.38 bits per heavy atom. The Morgan fingerprint density at radius 1 is 1.23 bits per heavy atom.